The maximum atomic E-state index is 11.7. The Labute approximate surface area is 138 Å². The summed E-state index contributed by atoms with van der Waals surface area (Å²) in [5.41, 5.74) is 2.39. The van der Waals surface area contributed by atoms with Crippen LogP contribution < -0.4 is 5.32 Å². The van der Waals surface area contributed by atoms with Crippen LogP contribution in [0.1, 0.15) is 12.5 Å². The first kappa shape index (κ1) is 16.9. The number of rotatable bonds is 6. The van der Waals surface area contributed by atoms with Crippen molar-refractivity contribution in [1.82, 2.24) is 5.32 Å². The van der Waals surface area contributed by atoms with Gasteiger partial charge in [-0.2, -0.15) is 0 Å². The first-order chi connectivity index (χ1) is 11.3. The molecule has 1 aromatic heterocycles. The average Bonchev–Trinajstić information content (AvgIpc) is 2.87. The van der Waals surface area contributed by atoms with Crippen LogP contribution in [0.4, 0.5) is 0 Å². The van der Waals surface area contributed by atoms with Crippen LogP contribution in [0, 0.1) is 0 Å². The van der Waals surface area contributed by atoms with E-state index in [1.807, 2.05) is 42.5 Å². The smallest absolute Gasteiger partial charge is 0.339 e. The second-order valence-electron chi connectivity index (χ2n) is 5.82. The molecule has 0 radical (unpaired) electrons. The summed E-state index contributed by atoms with van der Waals surface area (Å²) in [5, 5.41) is 4.67. The van der Waals surface area contributed by atoms with Crippen molar-refractivity contribution in [2.45, 2.75) is 19.4 Å². The Balaban J connectivity index is 1.86. The largest absolute Gasteiger partial charge is 0.456 e. The van der Waals surface area contributed by atoms with Crippen LogP contribution in [-0.2, 0) is 15.8 Å². The zero-order valence-corrected chi connectivity index (χ0v) is 14.0. The third kappa shape index (κ3) is 3.74. The van der Waals surface area contributed by atoms with Gasteiger partial charge in [0.15, 0.2) is 0 Å². The first-order valence-corrected chi connectivity index (χ1v) is 9.32. The van der Waals surface area contributed by atoms with E-state index in [1.54, 1.807) is 0 Å². The Morgan fingerprint density at radius 1 is 1.17 bits per heavy atom. The Morgan fingerprint density at radius 2 is 1.88 bits per heavy atom. The molecule has 0 aliphatic rings. The number of carbonyl (C=O) groups is 1. The molecule has 3 aromatic rings. The highest BCUT2D eigenvalue weighted by Crippen LogP contribution is 2.32. The van der Waals surface area contributed by atoms with Gasteiger partial charge in [-0.15, -0.1) is 0 Å². The fourth-order valence-corrected chi connectivity index (χ4v) is 3.18. The predicted molar refractivity (Wildman–Crippen MR) is 91.9 cm³/mol. The van der Waals surface area contributed by atoms with E-state index in [1.165, 1.54) is 6.92 Å². The van der Waals surface area contributed by atoms with Crippen molar-refractivity contribution in [2.24, 2.45) is 0 Å². The SMILES string of the molecule is CC(=O)[C@H](Cc1ccc2c(c1)oc1ccccc12)NCP(=O)(O)O. The van der Waals surface area contributed by atoms with Crippen molar-refractivity contribution in [3.63, 3.8) is 0 Å². The molecule has 0 spiro atoms. The second kappa shape index (κ2) is 6.49. The van der Waals surface area contributed by atoms with Gasteiger partial charge in [-0.3, -0.25) is 14.7 Å². The zero-order chi connectivity index (χ0) is 17.3. The van der Waals surface area contributed by atoms with Crippen molar-refractivity contribution < 1.29 is 23.6 Å². The maximum absolute atomic E-state index is 11.7. The number of hydrogen-bond donors (Lipinski definition) is 3. The molecule has 0 aliphatic carbocycles. The normalized spacial score (nSPS) is 13.5. The van der Waals surface area contributed by atoms with Gasteiger partial charge < -0.3 is 14.2 Å². The molecule has 1 atom stereocenters. The van der Waals surface area contributed by atoms with Crippen molar-refractivity contribution in [3.05, 3.63) is 48.0 Å². The summed E-state index contributed by atoms with van der Waals surface area (Å²) in [6.45, 7) is 1.40. The number of hydrogen-bond acceptors (Lipinski definition) is 4. The molecule has 0 unspecified atom stereocenters. The molecule has 6 nitrogen and oxygen atoms in total. The molecule has 7 heteroatoms. The van der Waals surface area contributed by atoms with E-state index in [0.29, 0.717) is 6.42 Å². The maximum Gasteiger partial charge on any atom is 0.339 e. The Kier molecular flexibility index (Phi) is 4.56. The van der Waals surface area contributed by atoms with Gasteiger partial charge in [-0.05, 0) is 31.0 Å². The molecule has 0 saturated heterocycles. The minimum absolute atomic E-state index is 0.173. The standard InChI is InChI=1S/C17H18NO5P/c1-11(19)15(18-10-24(20,21)22)8-12-6-7-14-13-4-2-3-5-16(13)23-17(14)9-12/h2-7,9,15,18H,8,10H2,1H3,(H2,20,21,22)/t15-/m0/s1. The summed E-state index contributed by atoms with van der Waals surface area (Å²) in [6.07, 6.45) is -0.188. The molecule has 3 N–H and O–H groups in total. The third-order valence-corrected chi connectivity index (χ3v) is 4.51. The Morgan fingerprint density at radius 3 is 2.58 bits per heavy atom. The molecule has 0 bridgehead atoms. The van der Waals surface area contributed by atoms with Gasteiger partial charge in [0.2, 0.25) is 0 Å². The highest BCUT2D eigenvalue weighted by atomic mass is 31.2. The lowest BCUT2D eigenvalue weighted by Gasteiger charge is -2.16. The van der Waals surface area contributed by atoms with Crippen LogP contribution >= 0.6 is 7.60 Å². The number of fused-ring (bicyclic) bond motifs is 3. The summed E-state index contributed by atoms with van der Waals surface area (Å²) < 4.78 is 16.8. The molecule has 0 amide bonds. The fourth-order valence-electron chi connectivity index (χ4n) is 2.72. The lowest BCUT2D eigenvalue weighted by Crippen LogP contribution is -2.37. The Bertz CT molecular complexity index is 942. The molecule has 126 valence electrons. The molecule has 24 heavy (non-hydrogen) atoms. The highest BCUT2D eigenvalue weighted by Gasteiger charge is 2.20. The van der Waals surface area contributed by atoms with E-state index in [0.717, 1.165) is 27.5 Å². The summed E-state index contributed by atoms with van der Waals surface area (Å²) in [7, 11) is -4.20. The third-order valence-electron chi connectivity index (χ3n) is 3.92. The zero-order valence-electron chi connectivity index (χ0n) is 13.1. The van der Waals surface area contributed by atoms with Gasteiger partial charge in [0.25, 0.3) is 0 Å². The van der Waals surface area contributed by atoms with Gasteiger partial charge >= 0.3 is 7.60 Å². The second-order valence-corrected chi connectivity index (χ2v) is 7.47. The van der Waals surface area contributed by atoms with Crippen molar-refractivity contribution >= 4 is 35.3 Å². The number of ketones is 1. The average molecular weight is 347 g/mol. The van der Waals surface area contributed by atoms with Crippen molar-refractivity contribution in [2.75, 3.05) is 6.29 Å². The number of carbonyl (C=O) groups excluding carboxylic acids is 1. The van der Waals surface area contributed by atoms with E-state index < -0.39 is 19.9 Å². The topological polar surface area (TPSA) is 99.8 Å². The molecular formula is C17H18NO5P. The van der Waals surface area contributed by atoms with Gasteiger partial charge in [0.05, 0.1) is 12.3 Å². The van der Waals surface area contributed by atoms with Crippen LogP contribution in [0.15, 0.2) is 46.9 Å². The molecular weight excluding hydrogens is 329 g/mol. The molecule has 2 aromatic carbocycles. The number of benzene rings is 2. The van der Waals surface area contributed by atoms with E-state index in [9.17, 15) is 9.36 Å². The van der Waals surface area contributed by atoms with E-state index in [4.69, 9.17) is 14.2 Å². The number of Topliss-reactive ketones (excluding diaryl/α,β-unsaturated/α-hetero) is 1. The fraction of sp³-hybridized carbons (Fsp3) is 0.235. The monoisotopic (exact) mass is 347 g/mol. The van der Waals surface area contributed by atoms with Crippen LogP contribution in [-0.4, -0.2) is 27.9 Å². The van der Waals surface area contributed by atoms with Crippen molar-refractivity contribution in [1.29, 1.82) is 0 Å². The van der Waals surface area contributed by atoms with Gasteiger partial charge in [0, 0.05) is 10.8 Å². The van der Waals surface area contributed by atoms with E-state index in [-0.39, 0.29) is 5.78 Å². The minimum atomic E-state index is -4.20. The van der Waals surface area contributed by atoms with E-state index >= 15 is 0 Å². The van der Waals surface area contributed by atoms with Crippen LogP contribution in [0.3, 0.4) is 0 Å². The first-order valence-electron chi connectivity index (χ1n) is 7.52. The van der Waals surface area contributed by atoms with Gasteiger partial charge in [0.1, 0.15) is 16.9 Å². The molecule has 1 heterocycles. The summed E-state index contributed by atoms with van der Waals surface area (Å²) in [5.74, 6) is -0.173. The van der Waals surface area contributed by atoms with Crippen LogP contribution in [0.5, 0.6) is 0 Å². The van der Waals surface area contributed by atoms with Crippen LogP contribution in [0.2, 0.25) is 0 Å². The van der Waals surface area contributed by atoms with Crippen molar-refractivity contribution in [3.8, 4) is 0 Å². The van der Waals surface area contributed by atoms with Gasteiger partial charge in [-0.1, -0.05) is 30.3 Å². The molecule has 0 saturated carbocycles. The van der Waals surface area contributed by atoms with E-state index in [2.05, 4.69) is 5.32 Å². The molecule has 0 fully saturated rings. The number of furan rings is 1. The van der Waals surface area contributed by atoms with Crippen LogP contribution in [0.25, 0.3) is 21.9 Å². The summed E-state index contributed by atoms with van der Waals surface area (Å²) in [6, 6.07) is 12.8. The summed E-state index contributed by atoms with van der Waals surface area (Å²) >= 11 is 0. The predicted octanol–water partition coefficient (Wildman–Crippen LogP) is 2.81. The highest BCUT2D eigenvalue weighted by molar-refractivity contribution is 7.51. The quantitative estimate of drug-likeness (QED) is 0.593. The Hall–Kier alpha value is -1.98. The lowest BCUT2D eigenvalue weighted by molar-refractivity contribution is -0.118. The summed E-state index contributed by atoms with van der Waals surface area (Å²) in [4.78, 5) is 29.6. The molecule has 3 rings (SSSR count). The number of para-hydroxylation sites is 1. The minimum Gasteiger partial charge on any atom is -0.456 e. The number of nitrogens with one attached hydrogen (secondary N) is 1. The molecule has 0 aliphatic heterocycles. The lowest BCUT2D eigenvalue weighted by atomic mass is 10.0. The van der Waals surface area contributed by atoms with Gasteiger partial charge in [-0.25, -0.2) is 0 Å².